The summed E-state index contributed by atoms with van der Waals surface area (Å²) in [7, 11) is 4.24. The summed E-state index contributed by atoms with van der Waals surface area (Å²) in [5.74, 6) is -0.0319. The Hall–Kier alpha value is -2.00. The van der Waals surface area contributed by atoms with Crippen LogP contribution in [0.25, 0.3) is 5.57 Å². The molecule has 2 rings (SSSR count). The second-order valence-corrected chi connectivity index (χ2v) is 7.93. The Morgan fingerprint density at radius 2 is 1.26 bits per heavy atom. The number of rotatable bonds is 9. The number of hydrogen-bond donors (Lipinski definition) is 0. The van der Waals surface area contributed by atoms with Crippen molar-refractivity contribution in [3.05, 3.63) is 52.1 Å². The van der Waals surface area contributed by atoms with Crippen LogP contribution < -0.4 is 0 Å². The summed E-state index contributed by atoms with van der Waals surface area (Å²) in [6, 6.07) is 8.18. The Kier molecular flexibility index (Phi) is 7.73. The van der Waals surface area contributed by atoms with Crippen molar-refractivity contribution in [3.8, 4) is 0 Å². The van der Waals surface area contributed by atoms with Crippen LogP contribution in [0.1, 0.15) is 64.0 Å². The van der Waals surface area contributed by atoms with Crippen LogP contribution >= 0.6 is 0 Å². The summed E-state index contributed by atoms with van der Waals surface area (Å²) in [5, 5.41) is 0. The number of carbonyl (C=O) groups is 2. The van der Waals surface area contributed by atoms with Gasteiger partial charge in [-0.3, -0.25) is 9.59 Å². The van der Waals surface area contributed by atoms with Crippen LogP contribution in [0.2, 0.25) is 0 Å². The largest absolute Gasteiger partial charge is 0.309 e. The predicted molar refractivity (Wildman–Crippen MR) is 113 cm³/mol. The molecule has 0 aromatic heterocycles. The number of unbranched alkanes of at least 4 members (excludes halogenated alkanes) is 4. The molecular weight excluding hydrogens is 334 g/mol. The van der Waals surface area contributed by atoms with Gasteiger partial charge in [-0.25, -0.2) is 0 Å². The third-order valence-electron chi connectivity index (χ3n) is 5.50. The second kappa shape index (κ2) is 9.80. The molecule has 0 fully saturated rings. The lowest BCUT2D eigenvalue weighted by atomic mass is 9.82. The van der Waals surface area contributed by atoms with Crippen LogP contribution in [0, 0.1) is 0 Å². The number of benzene rings is 1. The molecule has 0 atom stereocenters. The SMILES string of the molecule is CC1=C(C)C(=O)C(c2ccc(CCCCCCCN(C)C)cc2)=C(C)C1=O. The highest BCUT2D eigenvalue weighted by atomic mass is 16.1. The van der Waals surface area contributed by atoms with Gasteiger partial charge in [0.15, 0.2) is 11.6 Å². The highest BCUT2D eigenvalue weighted by Gasteiger charge is 2.28. The van der Waals surface area contributed by atoms with E-state index in [1.54, 1.807) is 20.8 Å². The molecule has 0 bridgehead atoms. The fourth-order valence-corrected chi connectivity index (χ4v) is 3.57. The zero-order valence-corrected chi connectivity index (χ0v) is 17.5. The summed E-state index contributed by atoms with van der Waals surface area (Å²) in [4.78, 5) is 27.2. The van der Waals surface area contributed by atoms with Crippen molar-refractivity contribution in [1.29, 1.82) is 0 Å². The van der Waals surface area contributed by atoms with Crippen LogP contribution in [-0.4, -0.2) is 37.1 Å². The van der Waals surface area contributed by atoms with Crippen molar-refractivity contribution in [2.75, 3.05) is 20.6 Å². The molecule has 1 aromatic carbocycles. The highest BCUT2D eigenvalue weighted by Crippen LogP contribution is 2.31. The minimum atomic E-state index is -0.0184. The highest BCUT2D eigenvalue weighted by molar-refractivity contribution is 6.39. The molecule has 0 unspecified atom stereocenters. The van der Waals surface area contributed by atoms with Crippen LogP contribution in [0.5, 0.6) is 0 Å². The van der Waals surface area contributed by atoms with E-state index in [0.717, 1.165) is 12.0 Å². The summed E-state index contributed by atoms with van der Waals surface area (Å²) in [5.41, 5.74) is 4.42. The lowest BCUT2D eigenvalue weighted by molar-refractivity contribution is -0.115. The molecule has 0 heterocycles. The minimum Gasteiger partial charge on any atom is -0.309 e. The van der Waals surface area contributed by atoms with Crippen LogP contribution in [0.15, 0.2) is 41.0 Å². The third kappa shape index (κ3) is 5.49. The normalized spacial score (nSPS) is 15.3. The average molecular weight is 368 g/mol. The van der Waals surface area contributed by atoms with Gasteiger partial charge in [0.25, 0.3) is 0 Å². The minimum absolute atomic E-state index is 0.0135. The van der Waals surface area contributed by atoms with E-state index in [4.69, 9.17) is 0 Å². The first-order valence-electron chi connectivity index (χ1n) is 10.0. The fraction of sp³-hybridized carbons (Fsp3) is 0.500. The van der Waals surface area contributed by atoms with E-state index in [0.29, 0.717) is 22.3 Å². The lowest BCUT2D eigenvalue weighted by Gasteiger charge is -2.19. The monoisotopic (exact) mass is 367 g/mol. The third-order valence-corrected chi connectivity index (χ3v) is 5.50. The second-order valence-electron chi connectivity index (χ2n) is 7.93. The summed E-state index contributed by atoms with van der Waals surface area (Å²) >= 11 is 0. The number of allylic oxidation sites excluding steroid dienone is 4. The Morgan fingerprint density at radius 1 is 0.704 bits per heavy atom. The van der Waals surface area contributed by atoms with Crippen molar-refractivity contribution in [2.24, 2.45) is 0 Å². The van der Waals surface area contributed by atoms with Gasteiger partial charge in [0.2, 0.25) is 0 Å². The van der Waals surface area contributed by atoms with Crippen molar-refractivity contribution in [3.63, 3.8) is 0 Å². The number of carbonyl (C=O) groups excluding carboxylic acids is 2. The standard InChI is InChI=1S/C24H33NO2/c1-17-18(2)24(27)22(19(3)23(17)26)21-14-12-20(13-15-21)11-9-7-6-8-10-16-25(4)5/h12-15H,6-11,16H2,1-5H3. The molecule has 0 saturated heterocycles. The number of Topliss-reactive ketones (excluding diaryl/α,β-unsaturated/α-hetero) is 2. The molecule has 146 valence electrons. The summed E-state index contributed by atoms with van der Waals surface area (Å²) in [6.07, 6.45) is 7.39. The van der Waals surface area contributed by atoms with Crippen molar-refractivity contribution in [2.45, 2.75) is 59.3 Å². The van der Waals surface area contributed by atoms with Crippen molar-refractivity contribution < 1.29 is 9.59 Å². The summed E-state index contributed by atoms with van der Waals surface area (Å²) in [6.45, 7) is 6.41. The van der Waals surface area contributed by atoms with Gasteiger partial charge >= 0.3 is 0 Å². The Morgan fingerprint density at radius 3 is 1.89 bits per heavy atom. The quantitative estimate of drug-likeness (QED) is 0.455. The van der Waals surface area contributed by atoms with Crippen LogP contribution in [0.4, 0.5) is 0 Å². The van der Waals surface area contributed by atoms with Crippen LogP contribution in [-0.2, 0) is 16.0 Å². The van der Waals surface area contributed by atoms with Gasteiger partial charge in [-0.15, -0.1) is 0 Å². The molecule has 0 aliphatic heterocycles. The molecule has 0 amide bonds. The zero-order valence-electron chi connectivity index (χ0n) is 17.5. The molecule has 0 N–H and O–H groups in total. The first-order valence-corrected chi connectivity index (χ1v) is 10.0. The Labute approximate surface area is 164 Å². The first kappa shape index (κ1) is 21.3. The van der Waals surface area contributed by atoms with E-state index in [2.05, 4.69) is 31.1 Å². The van der Waals surface area contributed by atoms with Gasteiger partial charge in [0.05, 0.1) is 0 Å². The molecule has 1 aliphatic rings. The average Bonchev–Trinajstić information content (AvgIpc) is 2.65. The summed E-state index contributed by atoms with van der Waals surface area (Å²) < 4.78 is 0. The molecular formula is C24H33NO2. The molecule has 3 heteroatoms. The van der Waals surface area contributed by atoms with Gasteiger partial charge < -0.3 is 4.90 Å². The van der Waals surface area contributed by atoms with Crippen LogP contribution in [0.3, 0.4) is 0 Å². The molecule has 1 aliphatic carbocycles. The fourth-order valence-electron chi connectivity index (χ4n) is 3.57. The van der Waals surface area contributed by atoms with Gasteiger partial charge in [0.1, 0.15) is 0 Å². The van der Waals surface area contributed by atoms with E-state index in [1.165, 1.54) is 44.2 Å². The number of nitrogens with zero attached hydrogens (tertiary/aromatic N) is 1. The van der Waals surface area contributed by atoms with Gasteiger partial charge in [-0.2, -0.15) is 0 Å². The maximum Gasteiger partial charge on any atom is 0.190 e. The molecule has 0 spiro atoms. The van der Waals surface area contributed by atoms with Crippen molar-refractivity contribution >= 4 is 17.1 Å². The van der Waals surface area contributed by atoms with Gasteiger partial charge in [-0.1, -0.05) is 43.5 Å². The van der Waals surface area contributed by atoms with Gasteiger partial charge in [-0.05, 0) is 71.8 Å². The number of hydrogen-bond acceptors (Lipinski definition) is 3. The molecule has 3 nitrogen and oxygen atoms in total. The van der Waals surface area contributed by atoms with Gasteiger partial charge in [0, 0.05) is 22.3 Å². The lowest BCUT2D eigenvalue weighted by Crippen LogP contribution is -2.19. The molecule has 27 heavy (non-hydrogen) atoms. The molecule has 0 saturated carbocycles. The Bertz CT molecular complexity index is 751. The molecule has 1 aromatic rings. The first-order chi connectivity index (χ1) is 12.8. The van der Waals surface area contributed by atoms with Crippen molar-refractivity contribution in [1.82, 2.24) is 4.90 Å². The number of ketones is 2. The van der Waals surface area contributed by atoms with E-state index >= 15 is 0 Å². The number of aryl methyl sites for hydroxylation is 1. The van der Waals surface area contributed by atoms with E-state index in [1.807, 2.05) is 12.1 Å². The van der Waals surface area contributed by atoms with E-state index in [-0.39, 0.29) is 11.6 Å². The van der Waals surface area contributed by atoms with E-state index in [9.17, 15) is 9.59 Å². The maximum absolute atomic E-state index is 12.6. The maximum atomic E-state index is 12.6. The topological polar surface area (TPSA) is 37.4 Å². The predicted octanol–water partition coefficient (Wildman–Crippen LogP) is 5.00. The zero-order chi connectivity index (χ0) is 20.0. The Balaban J connectivity index is 1.90. The van der Waals surface area contributed by atoms with E-state index < -0.39 is 0 Å². The smallest absolute Gasteiger partial charge is 0.190 e. The molecule has 0 radical (unpaired) electrons.